The van der Waals surface area contributed by atoms with Crippen LogP contribution in [0.3, 0.4) is 0 Å². The van der Waals surface area contributed by atoms with Crippen LogP contribution < -0.4 is 5.32 Å². The van der Waals surface area contributed by atoms with Gasteiger partial charge in [0, 0.05) is 6.04 Å². The Kier molecular flexibility index (Phi) is 4.65. The molecule has 1 N–H and O–H groups in total. The summed E-state index contributed by atoms with van der Waals surface area (Å²) >= 11 is 5.76. The first kappa shape index (κ1) is 13.4. The molecule has 0 bridgehead atoms. The van der Waals surface area contributed by atoms with Gasteiger partial charge in [-0.1, -0.05) is 30.3 Å². The van der Waals surface area contributed by atoms with Crippen molar-refractivity contribution in [2.24, 2.45) is 0 Å². The van der Waals surface area contributed by atoms with Crippen molar-refractivity contribution in [2.45, 2.75) is 49.9 Å². The highest BCUT2D eigenvalue weighted by Crippen LogP contribution is 2.32. The largest absolute Gasteiger partial charge is 0.352 e. The summed E-state index contributed by atoms with van der Waals surface area (Å²) in [7, 11) is 0. The third-order valence-electron chi connectivity index (χ3n) is 3.71. The van der Waals surface area contributed by atoms with E-state index >= 15 is 0 Å². The van der Waals surface area contributed by atoms with Crippen molar-refractivity contribution in [3.05, 3.63) is 35.9 Å². The van der Waals surface area contributed by atoms with Crippen LogP contribution in [0.4, 0.5) is 0 Å². The van der Waals surface area contributed by atoms with E-state index in [0.717, 1.165) is 25.7 Å². The van der Waals surface area contributed by atoms with Crippen molar-refractivity contribution in [3.8, 4) is 0 Å². The Morgan fingerprint density at radius 2 is 1.83 bits per heavy atom. The van der Waals surface area contributed by atoms with Crippen LogP contribution in [0.5, 0.6) is 0 Å². The first-order chi connectivity index (χ1) is 8.66. The lowest BCUT2D eigenvalue weighted by Gasteiger charge is -2.29. The second-order valence-electron chi connectivity index (χ2n) is 5.08. The monoisotopic (exact) mass is 265 g/mol. The lowest BCUT2D eigenvalue weighted by atomic mass is 9.82. The zero-order valence-electron chi connectivity index (χ0n) is 10.7. The summed E-state index contributed by atoms with van der Waals surface area (Å²) in [6, 6.07) is 10.9. The first-order valence-electron chi connectivity index (χ1n) is 6.66. The van der Waals surface area contributed by atoms with E-state index < -0.39 is 5.38 Å². The third-order valence-corrected chi connectivity index (χ3v) is 3.90. The van der Waals surface area contributed by atoms with Crippen molar-refractivity contribution in [1.29, 1.82) is 0 Å². The molecule has 0 aliphatic heterocycles. The summed E-state index contributed by atoms with van der Waals surface area (Å²) < 4.78 is 0. The predicted octanol–water partition coefficient (Wildman–Crippen LogP) is 3.46. The van der Waals surface area contributed by atoms with Crippen LogP contribution in [0.1, 0.15) is 44.1 Å². The van der Waals surface area contributed by atoms with Crippen molar-refractivity contribution in [2.75, 3.05) is 0 Å². The van der Waals surface area contributed by atoms with Gasteiger partial charge in [0.15, 0.2) is 0 Å². The van der Waals surface area contributed by atoms with Crippen LogP contribution in [0, 0.1) is 0 Å². The Balaban J connectivity index is 1.83. The van der Waals surface area contributed by atoms with Gasteiger partial charge in [-0.25, -0.2) is 0 Å². The number of hydrogen-bond donors (Lipinski definition) is 1. The molecule has 3 heteroatoms. The van der Waals surface area contributed by atoms with Crippen molar-refractivity contribution >= 4 is 17.5 Å². The molecule has 1 unspecified atom stereocenters. The van der Waals surface area contributed by atoms with Gasteiger partial charge in [0.1, 0.15) is 5.38 Å². The van der Waals surface area contributed by atoms with Crippen LogP contribution in [-0.2, 0) is 4.79 Å². The molecule has 98 valence electrons. The molecule has 0 heterocycles. The van der Waals surface area contributed by atoms with E-state index in [1.165, 1.54) is 5.56 Å². The summed E-state index contributed by atoms with van der Waals surface area (Å²) in [6.45, 7) is 1.71. The minimum Gasteiger partial charge on any atom is -0.352 e. The van der Waals surface area contributed by atoms with E-state index in [1.54, 1.807) is 6.92 Å². The minimum atomic E-state index is -0.433. The Morgan fingerprint density at radius 1 is 1.22 bits per heavy atom. The van der Waals surface area contributed by atoms with Crippen LogP contribution in [0.2, 0.25) is 0 Å². The maximum absolute atomic E-state index is 11.5. The lowest BCUT2D eigenvalue weighted by molar-refractivity contribution is -0.121. The highest BCUT2D eigenvalue weighted by atomic mass is 35.5. The summed E-state index contributed by atoms with van der Waals surface area (Å²) in [5.74, 6) is 0.604. The molecule has 0 saturated heterocycles. The first-order valence-corrected chi connectivity index (χ1v) is 7.10. The van der Waals surface area contributed by atoms with Crippen LogP contribution >= 0.6 is 11.6 Å². The Labute approximate surface area is 114 Å². The van der Waals surface area contributed by atoms with Gasteiger partial charge in [0.2, 0.25) is 5.91 Å². The molecule has 0 aromatic heterocycles. The number of amides is 1. The number of hydrogen-bond acceptors (Lipinski definition) is 1. The van der Waals surface area contributed by atoms with Gasteiger partial charge in [-0.05, 0) is 44.1 Å². The third kappa shape index (κ3) is 3.49. The van der Waals surface area contributed by atoms with Crippen molar-refractivity contribution in [3.63, 3.8) is 0 Å². The summed E-state index contributed by atoms with van der Waals surface area (Å²) in [5, 5.41) is 2.59. The Hall–Kier alpha value is -1.02. The van der Waals surface area contributed by atoms with Gasteiger partial charge in [-0.3, -0.25) is 4.79 Å². The topological polar surface area (TPSA) is 29.1 Å². The molecule has 0 radical (unpaired) electrons. The fourth-order valence-corrected chi connectivity index (χ4v) is 2.68. The van der Waals surface area contributed by atoms with Crippen LogP contribution in [-0.4, -0.2) is 17.3 Å². The molecule has 1 saturated carbocycles. The van der Waals surface area contributed by atoms with Gasteiger partial charge < -0.3 is 5.32 Å². The second kappa shape index (κ2) is 6.24. The minimum absolute atomic E-state index is 0.0418. The van der Waals surface area contributed by atoms with E-state index in [2.05, 4.69) is 35.6 Å². The average Bonchev–Trinajstić information content (AvgIpc) is 2.40. The quantitative estimate of drug-likeness (QED) is 0.834. The predicted molar refractivity (Wildman–Crippen MR) is 74.9 cm³/mol. The van der Waals surface area contributed by atoms with Gasteiger partial charge in [0.25, 0.3) is 0 Å². The maximum atomic E-state index is 11.5. The van der Waals surface area contributed by atoms with E-state index in [9.17, 15) is 4.79 Å². The summed E-state index contributed by atoms with van der Waals surface area (Å²) in [5.41, 5.74) is 1.42. The number of halogens is 1. The maximum Gasteiger partial charge on any atom is 0.237 e. The molecular weight excluding hydrogens is 246 g/mol. The number of carbonyl (C=O) groups is 1. The highest BCUT2D eigenvalue weighted by molar-refractivity contribution is 6.30. The average molecular weight is 266 g/mol. The molecule has 1 amide bonds. The van der Waals surface area contributed by atoms with Gasteiger partial charge in [-0.2, -0.15) is 0 Å². The molecule has 18 heavy (non-hydrogen) atoms. The standard InChI is InChI=1S/C15H20ClNO/c1-11(16)15(18)17-14-9-7-13(8-10-14)12-5-3-2-4-6-12/h2-6,11,13-14H,7-10H2,1H3,(H,17,18). The normalized spacial score (nSPS) is 25.4. The fraction of sp³-hybridized carbons (Fsp3) is 0.533. The molecule has 2 nitrogen and oxygen atoms in total. The van der Waals surface area contributed by atoms with Crippen LogP contribution in [0.25, 0.3) is 0 Å². The molecule has 1 fully saturated rings. The molecule has 1 aromatic rings. The molecule has 1 aliphatic rings. The van der Waals surface area contributed by atoms with Crippen molar-refractivity contribution in [1.82, 2.24) is 5.32 Å². The van der Waals surface area contributed by atoms with Gasteiger partial charge in [0.05, 0.1) is 0 Å². The van der Waals surface area contributed by atoms with E-state index in [1.807, 2.05) is 0 Å². The highest BCUT2D eigenvalue weighted by Gasteiger charge is 2.24. The molecule has 1 aromatic carbocycles. The zero-order valence-corrected chi connectivity index (χ0v) is 11.5. The van der Waals surface area contributed by atoms with Gasteiger partial charge >= 0.3 is 0 Å². The summed E-state index contributed by atoms with van der Waals surface area (Å²) in [4.78, 5) is 11.5. The smallest absolute Gasteiger partial charge is 0.237 e. The van der Waals surface area contributed by atoms with Gasteiger partial charge in [-0.15, -0.1) is 11.6 Å². The number of nitrogens with one attached hydrogen (secondary N) is 1. The van der Waals surface area contributed by atoms with Crippen LogP contribution in [0.15, 0.2) is 30.3 Å². The molecule has 1 aliphatic carbocycles. The fourth-order valence-electron chi connectivity index (χ4n) is 2.61. The second-order valence-corrected chi connectivity index (χ2v) is 5.74. The SMILES string of the molecule is CC(Cl)C(=O)NC1CCC(c2ccccc2)CC1. The van der Waals surface area contributed by atoms with E-state index in [0.29, 0.717) is 12.0 Å². The number of alkyl halides is 1. The summed E-state index contributed by atoms with van der Waals surface area (Å²) in [6.07, 6.45) is 4.39. The van der Waals surface area contributed by atoms with E-state index in [4.69, 9.17) is 11.6 Å². The molecule has 1 atom stereocenters. The number of benzene rings is 1. The number of rotatable bonds is 3. The molecule has 2 rings (SSSR count). The number of carbonyl (C=O) groups excluding carboxylic acids is 1. The molecule has 0 spiro atoms. The van der Waals surface area contributed by atoms with Crippen molar-refractivity contribution < 1.29 is 4.79 Å². The zero-order chi connectivity index (χ0) is 13.0. The Bertz CT molecular complexity index is 383. The van der Waals surface area contributed by atoms with E-state index in [-0.39, 0.29) is 5.91 Å². The Morgan fingerprint density at radius 3 is 2.39 bits per heavy atom. The lowest BCUT2D eigenvalue weighted by Crippen LogP contribution is -2.40. The molecular formula is C15H20ClNO.